The first-order valence-corrected chi connectivity index (χ1v) is 8.10. The molecule has 1 aromatic heterocycles. The number of rotatable bonds is 2. The highest BCUT2D eigenvalue weighted by Gasteiger charge is 2.14. The summed E-state index contributed by atoms with van der Waals surface area (Å²) in [6, 6.07) is 7.92. The lowest BCUT2D eigenvalue weighted by Gasteiger charge is -2.04. The molecule has 1 N–H and O–H groups in total. The number of carboxylic acid groups (broad SMARTS) is 1. The number of fused-ring (bicyclic) bond motifs is 2. The lowest BCUT2D eigenvalue weighted by molar-refractivity contribution is 0.0697. The molecule has 0 unspecified atom stereocenters. The monoisotopic (exact) mass is 318 g/mol. The molecule has 0 fully saturated rings. The van der Waals surface area contributed by atoms with Crippen LogP contribution in [0.5, 0.6) is 0 Å². The average molecular weight is 318 g/mol. The molecule has 0 atom stereocenters. The van der Waals surface area contributed by atoms with Crippen LogP contribution in [0.2, 0.25) is 0 Å². The van der Waals surface area contributed by atoms with Gasteiger partial charge in [-0.25, -0.2) is 13.2 Å². The van der Waals surface area contributed by atoms with Crippen LogP contribution in [-0.4, -0.2) is 25.7 Å². The van der Waals surface area contributed by atoms with E-state index in [-0.39, 0.29) is 32.4 Å². The fourth-order valence-electron chi connectivity index (χ4n) is 2.20. The van der Waals surface area contributed by atoms with Crippen molar-refractivity contribution < 1.29 is 22.7 Å². The third-order valence-electron chi connectivity index (χ3n) is 3.32. The molecule has 0 spiro atoms. The zero-order valence-corrected chi connectivity index (χ0v) is 12.2. The molecule has 6 nitrogen and oxygen atoms in total. The van der Waals surface area contributed by atoms with Crippen LogP contribution in [-0.2, 0) is 9.84 Å². The molecule has 3 rings (SSSR count). The highest BCUT2D eigenvalue weighted by Crippen LogP contribution is 2.22. The fraction of sp³-hybridized carbons (Fsp3) is 0.0667. The Morgan fingerprint density at radius 3 is 2.41 bits per heavy atom. The van der Waals surface area contributed by atoms with Crippen LogP contribution in [0.15, 0.2) is 50.5 Å². The molecule has 112 valence electrons. The summed E-state index contributed by atoms with van der Waals surface area (Å²) in [6.45, 7) is 0. The fourth-order valence-corrected chi connectivity index (χ4v) is 2.83. The number of benzene rings is 2. The van der Waals surface area contributed by atoms with Crippen LogP contribution < -0.4 is 5.43 Å². The van der Waals surface area contributed by atoms with Crippen LogP contribution in [0.1, 0.15) is 10.4 Å². The Morgan fingerprint density at radius 1 is 1.05 bits per heavy atom. The average Bonchev–Trinajstić information content (AvgIpc) is 2.45. The predicted octanol–water partition coefficient (Wildman–Crippen LogP) is 2.05. The Kier molecular flexibility index (Phi) is 3.03. The van der Waals surface area contributed by atoms with Gasteiger partial charge in [0.1, 0.15) is 11.2 Å². The predicted molar refractivity (Wildman–Crippen MR) is 80.1 cm³/mol. The van der Waals surface area contributed by atoms with Crippen LogP contribution in [0, 0.1) is 0 Å². The number of aromatic carboxylic acids is 1. The Bertz CT molecular complexity index is 1090. The van der Waals surface area contributed by atoms with E-state index in [1.165, 1.54) is 36.4 Å². The smallest absolute Gasteiger partial charge is 0.335 e. The third-order valence-corrected chi connectivity index (χ3v) is 4.43. The molecule has 7 heteroatoms. The Labute approximate surface area is 124 Å². The molecule has 0 saturated heterocycles. The van der Waals surface area contributed by atoms with Crippen molar-refractivity contribution in [2.24, 2.45) is 0 Å². The van der Waals surface area contributed by atoms with Crippen molar-refractivity contribution in [3.63, 3.8) is 0 Å². The summed E-state index contributed by atoms with van der Waals surface area (Å²) in [5, 5.41) is 9.31. The van der Waals surface area contributed by atoms with Gasteiger partial charge in [0, 0.05) is 12.3 Å². The maximum Gasteiger partial charge on any atom is 0.335 e. The zero-order chi connectivity index (χ0) is 16.1. The van der Waals surface area contributed by atoms with Gasteiger partial charge >= 0.3 is 5.97 Å². The SMILES string of the molecule is CS(=O)(=O)c1ccc2c(=O)c3cc(C(=O)O)ccc3oc2c1. The van der Waals surface area contributed by atoms with Gasteiger partial charge in [0.05, 0.1) is 21.2 Å². The second kappa shape index (κ2) is 4.67. The van der Waals surface area contributed by atoms with Crippen LogP contribution >= 0.6 is 0 Å². The van der Waals surface area contributed by atoms with Crippen molar-refractivity contribution in [3.8, 4) is 0 Å². The number of carboxylic acids is 1. The number of hydrogen-bond donors (Lipinski definition) is 1. The first kappa shape index (κ1) is 14.3. The minimum Gasteiger partial charge on any atom is -0.478 e. The molecule has 0 radical (unpaired) electrons. The number of sulfone groups is 1. The van der Waals surface area contributed by atoms with Crippen LogP contribution in [0.25, 0.3) is 21.9 Å². The van der Waals surface area contributed by atoms with E-state index in [1.54, 1.807) is 0 Å². The molecular weight excluding hydrogens is 308 g/mol. The van der Waals surface area contributed by atoms with Gasteiger partial charge in [-0.2, -0.15) is 0 Å². The van der Waals surface area contributed by atoms with Crippen molar-refractivity contribution in [1.82, 2.24) is 0 Å². The Balaban J connectivity index is 2.41. The molecule has 22 heavy (non-hydrogen) atoms. The maximum atomic E-state index is 12.4. The molecule has 0 bridgehead atoms. The van der Waals surface area contributed by atoms with Crippen molar-refractivity contribution in [3.05, 3.63) is 52.2 Å². The van der Waals surface area contributed by atoms with Gasteiger partial charge in [-0.3, -0.25) is 4.79 Å². The molecule has 0 aliphatic heterocycles. The van der Waals surface area contributed by atoms with Gasteiger partial charge in [0.25, 0.3) is 0 Å². The third kappa shape index (κ3) is 2.25. The van der Waals surface area contributed by atoms with E-state index in [0.29, 0.717) is 0 Å². The molecule has 0 aliphatic rings. The van der Waals surface area contributed by atoms with E-state index in [1.807, 2.05) is 0 Å². The van der Waals surface area contributed by atoms with E-state index in [4.69, 9.17) is 9.52 Å². The van der Waals surface area contributed by atoms with Crippen LogP contribution in [0.4, 0.5) is 0 Å². The summed E-state index contributed by atoms with van der Waals surface area (Å²) in [4.78, 5) is 23.4. The summed E-state index contributed by atoms with van der Waals surface area (Å²) >= 11 is 0. The normalized spacial score (nSPS) is 11.9. The first-order chi connectivity index (χ1) is 10.3. The molecule has 1 heterocycles. The minimum atomic E-state index is -3.42. The Morgan fingerprint density at radius 2 is 1.77 bits per heavy atom. The van der Waals surface area contributed by atoms with Crippen molar-refractivity contribution in [2.45, 2.75) is 4.90 Å². The maximum absolute atomic E-state index is 12.4. The first-order valence-electron chi connectivity index (χ1n) is 6.21. The second-order valence-corrected chi connectivity index (χ2v) is 6.89. The Hall–Kier alpha value is -2.67. The van der Waals surface area contributed by atoms with Gasteiger partial charge in [-0.05, 0) is 30.3 Å². The lowest BCUT2D eigenvalue weighted by atomic mass is 10.1. The van der Waals surface area contributed by atoms with Gasteiger partial charge in [-0.15, -0.1) is 0 Å². The van der Waals surface area contributed by atoms with Crippen molar-refractivity contribution in [1.29, 1.82) is 0 Å². The quantitative estimate of drug-likeness (QED) is 0.726. The topological polar surface area (TPSA) is 102 Å². The second-order valence-electron chi connectivity index (χ2n) is 4.88. The number of hydrogen-bond acceptors (Lipinski definition) is 5. The van der Waals surface area contributed by atoms with Gasteiger partial charge in [0.2, 0.25) is 5.43 Å². The van der Waals surface area contributed by atoms with E-state index < -0.39 is 21.2 Å². The van der Waals surface area contributed by atoms with Crippen LogP contribution in [0.3, 0.4) is 0 Å². The summed E-state index contributed by atoms with van der Waals surface area (Å²) in [5.74, 6) is -1.14. The minimum absolute atomic E-state index is 0.0214. The summed E-state index contributed by atoms with van der Waals surface area (Å²) in [5.41, 5.74) is -0.0806. The van der Waals surface area contributed by atoms with Gasteiger partial charge < -0.3 is 9.52 Å². The van der Waals surface area contributed by atoms with E-state index in [0.717, 1.165) is 6.26 Å². The van der Waals surface area contributed by atoms with Gasteiger partial charge in [-0.1, -0.05) is 0 Å². The zero-order valence-electron chi connectivity index (χ0n) is 11.4. The molecule has 3 aromatic rings. The molecule has 0 amide bonds. The highest BCUT2D eigenvalue weighted by molar-refractivity contribution is 7.90. The van der Waals surface area contributed by atoms with E-state index >= 15 is 0 Å². The summed E-state index contributed by atoms with van der Waals surface area (Å²) < 4.78 is 28.7. The van der Waals surface area contributed by atoms with Crippen molar-refractivity contribution >= 4 is 37.7 Å². The van der Waals surface area contributed by atoms with Crippen molar-refractivity contribution in [2.75, 3.05) is 6.26 Å². The number of carbonyl (C=O) groups is 1. The highest BCUT2D eigenvalue weighted by atomic mass is 32.2. The molecule has 0 aliphatic carbocycles. The molecule has 2 aromatic carbocycles. The summed E-state index contributed by atoms with van der Waals surface area (Å²) in [6.07, 6.45) is 1.06. The lowest BCUT2D eigenvalue weighted by Crippen LogP contribution is -2.05. The largest absolute Gasteiger partial charge is 0.478 e. The van der Waals surface area contributed by atoms with Gasteiger partial charge in [0.15, 0.2) is 9.84 Å². The van der Waals surface area contributed by atoms with E-state index in [9.17, 15) is 18.0 Å². The van der Waals surface area contributed by atoms with E-state index in [2.05, 4.69) is 0 Å². The molecular formula is C15H10O6S. The standard InChI is InChI=1S/C15H10O6S/c1-22(19,20)9-3-4-10-13(7-9)21-12-5-2-8(15(17)18)6-11(12)14(10)16/h2-7H,1H3,(H,17,18). The summed E-state index contributed by atoms with van der Waals surface area (Å²) in [7, 11) is -3.42. The molecule has 0 saturated carbocycles.